The third-order valence-corrected chi connectivity index (χ3v) is 6.47. The molecule has 1 aromatic heterocycles. The molecule has 1 heterocycles. The summed E-state index contributed by atoms with van der Waals surface area (Å²) in [5, 5.41) is 0. The van der Waals surface area contributed by atoms with Gasteiger partial charge in [-0.1, -0.05) is 72.8 Å². The quantitative estimate of drug-likeness (QED) is 0.219. The van der Waals surface area contributed by atoms with Gasteiger partial charge >= 0.3 is 0 Å². The lowest BCUT2D eigenvalue weighted by molar-refractivity contribution is 0.340. The SMILES string of the molecule is CCOc1ccc(-n2c(-c3ccccc3)cc(C=Nc3cccc(C)c3C)c2-c2ccccc2)cc1. The van der Waals surface area contributed by atoms with Crippen molar-refractivity contribution in [2.24, 2.45) is 4.99 Å². The lowest BCUT2D eigenvalue weighted by atomic mass is 10.1. The smallest absolute Gasteiger partial charge is 0.119 e. The van der Waals surface area contributed by atoms with Gasteiger partial charge in [0.05, 0.1) is 23.7 Å². The van der Waals surface area contributed by atoms with Gasteiger partial charge in [-0.2, -0.15) is 0 Å². The van der Waals surface area contributed by atoms with E-state index in [0.717, 1.165) is 45.2 Å². The molecule has 0 atom stereocenters. The number of benzene rings is 4. The normalized spacial score (nSPS) is 11.2. The summed E-state index contributed by atoms with van der Waals surface area (Å²) in [6.07, 6.45) is 2.00. The number of hydrogen-bond donors (Lipinski definition) is 0. The third-order valence-electron chi connectivity index (χ3n) is 6.47. The van der Waals surface area contributed by atoms with Crippen LogP contribution in [0.4, 0.5) is 5.69 Å². The van der Waals surface area contributed by atoms with Gasteiger partial charge in [0.15, 0.2) is 0 Å². The van der Waals surface area contributed by atoms with Crippen LogP contribution in [0.5, 0.6) is 5.75 Å². The zero-order valence-corrected chi connectivity index (χ0v) is 21.0. The van der Waals surface area contributed by atoms with Gasteiger partial charge in [-0.15, -0.1) is 0 Å². The van der Waals surface area contributed by atoms with Crippen LogP contribution in [0.15, 0.2) is 114 Å². The highest BCUT2D eigenvalue weighted by atomic mass is 16.5. The van der Waals surface area contributed by atoms with Gasteiger partial charge in [0.2, 0.25) is 0 Å². The molecule has 0 aliphatic heterocycles. The highest BCUT2D eigenvalue weighted by molar-refractivity contribution is 5.94. The zero-order chi connectivity index (χ0) is 24.9. The van der Waals surface area contributed by atoms with Crippen molar-refractivity contribution >= 4 is 11.9 Å². The molecule has 178 valence electrons. The second kappa shape index (κ2) is 10.5. The van der Waals surface area contributed by atoms with E-state index < -0.39 is 0 Å². The summed E-state index contributed by atoms with van der Waals surface area (Å²) in [5.74, 6) is 0.868. The molecule has 0 N–H and O–H groups in total. The fourth-order valence-electron chi connectivity index (χ4n) is 4.48. The Balaban J connectivity index is 1.75. The van der Waals surface area contributed by atoms with Crippen LogP contribution < -0.4 is 4.74 Å². The molecule has 0 saturated heterocycles. The molecule has 0 amide bonds. The maximum Gasteiger partial charge on any atom is 0.119 e. The fraction of sp³-hybridized carbons (Fsp3) is 0.121. The molecule has 36 heavy (non-hydrogen) atoms. The monoisotopic (exact) mass is 470 g/mol. The summed E-state index contributed by atoms with van der Waals surface area (Å²) in [4.78, 5) is 4.94. The maximum atomic E-state index is 5.71. The Hall–Kier alpha value is -4.37. The van der Waals surface area contributed by atoms with E-state index in [1.54, 1.807) is 0 Å². The van der Waals surface area contributed by atoms with E-state index in [-0.39, 0.29) is 0 Å². The Labute approximate surface area is 213 Å². The van der Waals surface area contributed by atoms with E-state index in [9.17, 15) is 0 Å². The lowest BCUT2D eigenvalue weighted by Crippen LogP contribution is -2.01. The topological polar surface area (TPSA) is 26.5 Å². The van der Waals surface area contributed by atoms with E-state index in [0.29, 0.717) is 6.61 Å². The molecule has 0 radical (unpaired) electrons. The molecule has 4 aromatic carbocycles. The van der Waals surface area contributed by atoms with Gasteiger partial charge in [-0.25, -0.2) is 0 Å². The first-order valence-electron chi connectivity index (χ1n) is 12.4. The molecular weight excluding hydrogens is 440 g/mol. The minimum Gasteiger partial charge on any atom is -0.494 e. The zero-order valence-electron chi connectivity index (χ0n) is 21.0. The van der Waals surface area contributed by atoms with Crippen molar-refractivity contribution in [2.75, 3.05) is 6.61 Å². The van der Waals surface area contributed by atoms with Crippen molar-refractivity contribution in [1.82, 2.24) is 4.57 Å². The van der Waals surface area contributed by atoms with Crippen molar-refractivity contribution in [3.63, 3.8) is 0 Å². The minimum absolute atomic E-state index is 0.645. The predicted molar refractivity (Wildman–Crippen MR) is 151 cm³/mol. The minimum atomic E-state index is 0.645. The molecule has 3 nitrogen and oxygen atoms in total. The molecule has 0 aliphatic rings. The average Bonchev–Trinajstić information content (AvgIpc) is 3.31. The summed E-state index contributed by atoms with van der Waals surface area (Å²) < 4.78 is 8.03. The van der Waals surface area contributed by atoms with Gasteiger partial charge in [-0.05, 0) is 79.4 Å². The van der Waals surface area contributed by atoms with Gasteiger partial charge in [0.25, 0.3) is 0 Å². The molecule has 0 saturated carbocycles. The van der Waals surface area contributed by atoms with Crippen molar-refractivity contribution in [2.45, 2.75) is 20.8 Å². The molecule has 0 bridgehead atoms. The molecule has 0 spiro atoms. The Morgan fingerprint density at radius 2 is 1.42 bits per heavy atom. The number of ether oxygens (including phenoxy) is 1. The van der Waals surface area contributed by atoms with Crippen molar-refractivity contribution in [1.29, 1.82) is 0 Å². The van der Waals surface area contributed by atoms with E-state index in [1.807, 2.05) is 25.3 Å². The molecular formula is C33H30N2O. The molecule has 0 aliphatic carbocycles. The number of aryl methyl sites for hydroxylation is 1. The number of aromatic nitrogens is 1. The van der Waals surface area contributed by atoms with Crippen LogP contribution >= 0.6 is 0 Å². The predicted octanol–water partition coefficient (Wildman–Crippen LogP) is 8.58. The Morgan fingerprint density at radius 3 is 2.08 bits per heavy atom. The van der Waals surface area contributed by atoms with Crippen molar-refractivity contribution in [3.8, 4) is 34.0 Å². The summed E-state index contributed by atoms with van der Waals surface area (Å²) in [7, 11) is 0. The number of nitrogens with zero attached hydrogens (tertiary/aromatic N) is 2. The first kappa shape index (κ1) is 23.4. The van der Waals surface area contributed by atoms with Crippen LogP contribution in [0.2, 0.25) is 0 Å². The van der Waals surface area contributed by atoms with E-state index in [4.69, 9.17) is 9.73 Å². The van der Waals surface area contributed by atoms with Crippen LogP contribution in [0, 0.1) is 13.8 Å². The second-order valence-electron chi connectivity index (χ2n) is 8.81. The summed E-state index contributed by atoms with van der Waals surface area (Å²) in [6, 6.07) is 37.9. The van der Waals surface area contributed by atoms with E-state index in [1.165, 1.54) is 11.1 Å². The van der Waals surface area contributed by atoms with Crippen LogP contribution in [0.1, 0.15) is 23.6 Å². The highest BCUT2D eigenvalue weighted by Crippen LogP contribution is 2.36. The van der Waals surface area contributed by atoms with Gasteiger partial charge in [0.1, 0.15) is 5.75 Å². The number of aliphatic imine (C=N–C) groups is 1. The van der Waals surface area contributed by atoms with Gasteiger partial charge in [0, 0.05) is 17.5 Å². The van der Waals surface area contributed by atoms with Gasteiger partial charge < -0.3 is 9.30 Å². The van der Waals surface area contributed by atoms with Crippen LogP contribution in [0.3, 0.4) is 0 Å². The molecule has 5 aromatic rings. The molecule has 3 heteroatoms. The van der Waals surface area contributed by atoms with Crippen molar-refractivity contribution in [3.05, 3.63) is 126 Å². The van der Waals surface area contributed by atoms with E-state index >= 15 is 0 Å². The average molecular weight is 471 g/mol. The second-order valence-corrected chi connectivity index (χ2v) is 8.81. The Morgan fingerprint density at radius 1 is 0.750 bits per heavy atom. The maximum absolute atomic E-state index is 5.71. The van der Waals surface area contributed by atoms with E-state index in [2.05, 4.69) is 115 Å². The fourth-order valence-corrected chi connectivity index (χ4v) is 4.48. The van der Waals surface area contributed by atoms with Crippen LogP contribution in [0.25, 0.3) is 28.2 Å². The highest BCUT2D eigenvalue weighted by Gasteiger charge is 2.19. The summed E-state index contributed by atoms with van der Waals surface area (Å²) in [5.41, 5.74) is 10.1. The first-order chi connectivity index (χ1) is 17.7. The van der Waals surface area contributed by atoms with Crippen LogP contribution in [-0.2, 0) is 0 Å². The largest absolute Gasteiger partial charge is 0.494 e. The number of rotatable bonds is 7. The number of hydrogen-bond acceptors (Lipinski definition) is 2. The van der Waals surface area contributed by atoms with Crippen LogP contribution in [-0.4, -0.2) is 17.4 Å². The standard InChI is InChI=1S/C33H30N2O/c1-4-36-30-20-18-29(19-21-30)35-32(26-13-7-5-8-14-26)22-28(33(35)27-15-9-6-10-16-27)23-34-31-17-11-12-24(2)25(31)3/h5-23H,4H2,1-3H3. The van der Waals surface area contributed by atoms with Gasteiger partial charge in [-0.3, -0.25) is 4.99 Å². The Bertz CT molecular complexity index is 1480. The molecule has 5 rings (SSSR count). The first-order valence-corrected chi connectivity index (χ1v) is 12.4. The summed E-state index contributed by atoms with van der Waals surface area (Å²) >= 11 is 0. The molecule has 0 unspecified atom stereocenters. The molecule has 0 fully saturated rings. The van der Waals surface area contributed by atoms with Crippen molar-refractivity contribution < 1.29 is 4.74 Å². The third kappa shape index (κ3) is 4.73. The lowest BCUT2D eigenvalue weighted by Gasteiger charge is -2.15. The summed E-state index contributed by atoms with van der Waals surface area (Å²) in [6.45, 7) is 6.90. The Kier molecular flexibility index (Phi) is 6.81.